The van der Waals surface area contributed by atoms with Crippen molar-refractivity contribution < 1.29 is 14.5 Å². The number of hydrogen-bond acceptors (Lipinski definition) is 4. The fourth-order valence-electron chi connectivity index (χ4n) is 3.56. The highest BCUT2D eigenvalue weighted by atomic mass is 16.6. The summed E-state index contributed by atoms with van der Waals surface area (Å²) in [6.45, 7) is 1.80. The largest absolute Gasteiger partial charge is 0.335 e. The fourth-order valence-corrected chi connectivity index (χ4v) is 3.56. The third kappa shape index (κ3) is 4.30. The van der Waals surface area contributed by atoms with E-state index in [2.05, 4.69) is 5.32 Å². The number of amides is 3. The molecule has 140 valence electrons. The minimum absolute atomic E-state index is 0.0562. The first-order valence-electron chi connectivity index (χ1n) is 9.14. The molecule has 1 saturated carbocycles. The summed E-state index contributed by atoms with van der Waals surface area (Å²) in [7, 11) is 0. The van der Waals surface area contributed by atoms with Crippen LogP contribution in [0.1, 0.15) is 42.5 Å². The first kappa shape index (κ1) is 18.2. The lowest BCUT2D eigenvalue weighted by Crippen LogP contribution is -2.54. The van der Waals surface area contributed by atoms with E-state index in [1.165, 1.54) is 24.6 Å². The van der Waals surface area contributed by atoms with E-state index in [1.807, 2.05) is 0 Å². The van der Waals surface area contributed by atoms with Gasteiger partial charge in [0, 0.05) is 49.9 Å². The van der Waals surface area contributed by atoms with Crippen LogP contribution in [0.25, 0.3) is 0 Å². The molecular weight excluding hydrogens is 336 g/mol. The number of nitrogens with zero attached hydrogens (tertiary/aromatic N) is 3. The average molecular weight is 360 g/mol. The van der Waals surface area contributed by atoms with Crippen LogP contribution >= 0.6 is 0 Å². The maximum atomic E-state index is 12.6. The summed E-state index contributed by atoms with van der Waals surface area (Å²) in [6.07, 6.45) is 5.64. The van der Waals surface area contributed by atoms with E-state index in [9.17, 15) is 19.7 Å². The lowest BCUT2D eigenvalue weighted by Gasteiger charge is -2.36. The zero-order chi connectivity index (χ0) is 18.5. The van der Waals surface area contributed by atoms with Crippen molar-refractivity contribution in [2.45, 2.75) is 38.1 Å². The van der Waals surface area contributed by atoms with Crippen LogP contribution in [0, 0.1) is 10.1 Å². The second-order valence-electron chi connectivity index (χ2n) is 6.87. The second kappa shape index (κ2) is 8.16. The number of piperazine rings is 1. The molecule has 26 heavy (non-hydrogen) atoms. The normalized spacial score (nSPS) is 18.5. The molecule has 0 spiro atoms. The summed E-state index contributed by atoms with van der Waals surface area (Å²) in [5.74, 6) is -0.235. The van der Waals surface area contributed by atoms with Gasteiger partial charge in [0.2, 0.25) is 0 Å². The number of benzene rings is 1. The van der Waals surface area contributed by atoms with E-state index in [-0.39, 0.29) is 23.7 Å². The number of rotatable bonds is 3. The average Bonchev–Trinajstić information content (AvgIpc) is 2.68. The lowest BCUT2D eigenvalue weighted by atomic mass is 9.96. The molecule has 0 unspecified atom stereocenters. The Morgan fingerprint density at radius 1 is 1.04 bits per heavy atom. The second-order valence-corrected chi connectivity index (χ2v) is 6.87. The lowest BCUT2D eigenvalue weighted by molar-refractivity contribution is -0.384. The molecule has 0 radical (unpaired) electrons. The van der Waals surface area contributed by atoms with Crippen LogP contribution in [0.5, 0.6) is 0 Å². The summed E-state index contributed by atoms with van der Waals surface area (Å²) in [4.78, 5) is 38.7. The van der Waals surface area contributed by atoms with Crippen molar-refractivity contribution in [1.29, 1.82) is 0 Å². The Labute approximate surface area is 152 Å². The van der Waals surface area contributed by atoms with Gasteiger partial charge in [-0.3, -0.25) is 14.9 Å². The van der Waals surface area contributed by atoms with E-state index in [1.54, 1.807) is 15.9 Å². The molecule has 3 rings (SSSR count). The number of hydrogen-bond donors (Lipinski definition) is 1. The Morgan fingerprint density at radius 2 is 1.69 bits per heavy atom. The Morgan fingerprint density at radius 3 is 2.35 bits per heavy atom. The summed E-state index contributed by atoms with van der Waals surface area (Å²) >= 11 is 0. The summed E-state index contributed by atoms with van der Waals surface area (Å²) in [6, 6.07) is 5.96. The Kier molecular flexibility index (Phi) is 5.70. The Hall–Kier alpha value is -2.64. The van der Waals surface area contributed by atoms with Crippen molar-refractivity contribution in [3.8, 4) is 0 Å². The van der Waals surface area contributed by atoms with Crippen molar-refractivity contribution in [2.24, 2.45) is 0 Å². The van der Waals surface area contributed by atoms with Gasteiger partial charge in [-0.25, -0.2) is 4.79 Å². The molecule has 1 aliphatic carbocycles. The molecule has 8 heteroatoms. The quantitative estimate of drug-likeness (QED) is 0.661. The first-order valence-corrected chi connectivity index (χ1v) is 9.14. The molecule has 2 fully saturated rings. The number of nitro groups is 1. The Bertz CT molecular complexity index is 680. The van der Waals surface area contributed by atoms with Crippen molar-refractivity contribution in [3.05, 3.63) is 39.9 Å². The maximum absolute atomic E-state index is 12.6. The standard InChI is InChI=1S/C18H24N4O4/c23-17(14-5-4-8-16(13-14)22(25)26)20-9-11-21(12-10-20)18(24)19-15-6-2-1-3-7-15/h4-5,8,13,15H,1-3,6-7,9-12H2,(H,19,24). The van der Waals surface area contributed by atoms with Crippen molar-refractivity contribution in [1.82, 2.24) is 15.1 Å². The fraction of sp³-hybridized carbons (Fsp3) is 0.556. The van der Waals surface area contributed by atoms with E-state index in [0.29, 0.717) is 31.7 Å². The van der Waals surface area contributed by atoms with Gasteiger partial charge in [-0.2, -0.15) is 0 Å². The number of carbonyl (C=O) groups excluding carboxylic acids is 2. The van der Waals surface area contributed by atoms with Gasteiger partial charge in [0.05, 0.1) is 4.92 Å². The summed E-state index contributed by atoms with van der Waals surface area (Å²) in [5.41, 5.74) is 0.209. The molecule has 2 aliphatic rings. The molecule has 1 saturated heterocycles. The van der Waals surface area contributed by atoms with Crippen LogP contribution in [-0.4, -0.2) is 58.9 Å². The SMILES string of the molecule is O=C(NC1CCCCC1)N1CCN(C(=O)c2cccc([N+](=O)[O-])c2)CC1. The zero-order valence-electron chi connectivity index (χ0n) is 14.7. The molecule has 0 aromatic heterocycles. The summed E-state index contributed by atoms with van der Waals surface area (Å²) in [5, 5.41) is 14.0. The van der Waals surface area contributed by atoms with Crippen LogP contribution in [-0.2, 0) is 0 Å². The van der Waals surface area contributed by atoms with Gasteiger partial charge in [-0.1, -0.05) is 25.3 Å². The topological polar surface area (TPSA) is 95.8 Å². The van der Waals surface area contributed by atoms with E-state index < -0.39 is 4.92 Å². The third-order valence-corrected chi connectivity index (χ3v) is 5.09. The number of nitro benzene ring substituents is 1. The number of nitrogens with one attached hydrogen (secondary N) is 1. The highest BCUT2D eigenvalue weighted by molar-refractivity contribution is 5.95. The summed E-state index contributed by atoms with van der Waals surface area (Å²) < 4.78 is 0. The van der Waals surface area contributed by atoms with Gasteiger partial charge in [-0.05, 0) is 18.9 Å². The van der Waals surface area contributed by atoms with Gasteiger partial charge in [-0.15, -0.1) is 0 Å². The van der Waals surface area contributed by atoms with Gasteiger partial charge in [0.15, 0.2) is 0 Å². The molecule has 1 aromatic rings. The van der Waals surface area contributed by atoms with Gasteiger partial charge >= 0.3 is 6.03 Å². The van der Waals surface area contributed by atoms with Crippen molar-refractivity contribution in [2.75, 3.05) is 26.2 Å². The predicted molar refractivity (Wildman–Crippen MR) is 96.0 cm³/mol. The van der Waals surface area contributed by atoms with E-state index in [0.717, 1.165) is 25.7 Å². The predicted octanol–water partition coefficient (Wildman–Crippen LogP) is 2.39. The van der Waals surface area contributed by atoms with Crippen LogP contribution in [0.15, 0.2) is 24.3 Å². The highest BCUT2D eigenvalue weighted by Crippen LogP contribution is 2.18. The van der Waals surface area contributed by atoms with Crippen molar-refractivity contribution in [3.63, 3.8) is 0 Å². The van der Waals surface area contributed by atoms with Gasteiger partial charge < -0.3 is 15.1 Å². The van der Waals surface area contributed by atoms with Crippen LogP contribution in [0.4, 0.5) is 10.5 Å². The number of non-ortho nitro benzene ring substituents is 1. The minimum atomic E-state index is -0.510. The van der Waals surface area contributed by atoms with Crippen molar-refractivity contribution >= 4 is 17.6 Å². The van der Waals surface area contributed by atoms with Crippen LogP contribution in [0.2, 0.25) is 0 Å². The molecule has 0 atom stereocenters. The minimum Gasteiger partial charge on any atom is -0.335 e. The molecular formula is C18H24N4O4. The van der Waals surface area contributed by atoms with Crippen LogP contribution in [0.3, 0.4) is 0 Å². The first-order chi connectivity index (χ1) is 12.5. The molecule has 3 amide bonds. The molecule has 8 nitrogen and oxygen atoms in total. The Balaban J connectivity index is 1.52. The van der Waals surface area contributed by atoms with E-state index in [4.69, 9.17) is 0 Å². The molecule has 1 aliphatic heterocycles. The molecule has 1 heterocycles. The monoisotopic (exact) mass is 360 g/mol. The van der Waals surface area contributed by atoms with E-state index >= 15 is 0 Å². The third-order valence-electron chi connectivity index (χ3n) is 5.09. The molecule has 1 N–H and O–H groups in total. The van der Waals surface area contributed by atoms with Gasteiger partial charge in [0.25, 0.3) is 11.6 Å². The van der Waals surface area contributed by atoms with Crippen LogP contribution < -0.4 is 5.32 Å². The zero-order valence-corrected chi connectivity index (χ0v) is 14.7. The number of urea groups is 1. The highest BCUT2D eigenvalue weighted by Gasteiger charge is 2.27. The smallest absolute Gasteiger partial charge is 0.317 e. The molecule has 1 aromatic carbocycles. The molecule has 0 bridgehead atoms. The number of carbonyl (C=O) groups is 2. The maximum Gasteiger partial charge on any atom is 0.317 e. The van der Waals surface area contributed by atoms with Gasteiger partial charge in [0.1, 0.15) is 0 Å².